The van der Waals surface area contributed by atoms with Gasteiger partial charge in [-0.1, -0.05) is 11.3 Å². The number of nitrogens with one attached hydrogen (secondary N) is 1. The molecule has 0 atom stereocenters. The number of nitrogens with zero attached hydrogens (tertiary/aromatic N) is 3. The average molecular weight is 294 g/mol. The minimum atomic E-state index is -0.385. The van der Waals surface area contributed by atoms with Gasteiger partial charge < -0.3 is 10.2 Å². The molecule has 7 heteroatoms. The maximum absolute atomic E-state index is 10.7. The van der Waals surface area contributed by atoms with Crippen LogP contribution in [0, 0.1) is 17.0 Å². The molecule has 0 amide bonds. The first-order chi connectivity index (χ1) is 9.61. The third-order valence-corrected chi connectivity index (χ3v) is 4.30. The van der Waals surface area contributed by atoms with Gasteiger partial charge in [0.2, 0.25) is 0 Å². The Bertz CT molecular complexity index is 545. The quantitative estimate of drug-likeness (QED) is 0.523. The van der Waals surface area contributed by atoms with Crippen LogP contribution in [0.1, 0.15) is 17.5 Å². The van der Waals surface area contributed by atoms with Crippen molar-refractivity contribution in [1.29, 1.82) is 0 Å². The van der Waals surface area contributed by atoms with Crippen molar-refractivity contribution in [3.8, 4) is 0 Å². The molecule has 1 saturated heterocycles. The molecule has 1 aliphatic heterocycles. The van der Waals surface area contributed by atoms with E-state index in [9.17, 15) is 10.1 Å². The molecule has 6 nitrogen and oxygen atoms in total. The summed E-state index contributed by atoms with van der Waals surface area (Å²) in [5.41, 5.74) is 1.01. The molecular weight excluding hydrogens is 276 g/mol. The Kier molecular flexibility index (Phi) is 4.86. The van der Waals surface area contributed by atoms with Crippen LogP contribution in [-0.2, 0) is 0 Å². The van der Waals surface area contributed by atoms with Crippen molar-refractivity contribution in [3.05, 3.63) is 38.5 Å². The lowest BCUT2D eigenvalue weighted by molar-refractivity contribution is -0.419. The van der Waals surface area contributed by atoms with Gasteiger partial charge in [-0.25, -0.2) is 4.98 Å². The highest BCUT2D eigenvalue weighted by atomic mass is 32.1. The molecule has 0 radical (unpaired) electrons. The van der Waals surface area contributed by atoms with E-state index in [1.165, 1.54) is 12.2 Å². The summed E-state index contributed by atoms with van der Waals surface area (Å²) in [6, 6.07) is 0. The van der Waals surface area contributed by atoms with Crippen LogP contribution in [0.15, 0.2) is 17.8 Å². The van der Waals surface area contributed by atoms with Crippen LogP contribution in [0.2, 0.25) is 0 Å². The summed E-state index contributed by atoms with van der Waals surface area (Å²) in [6.07, 6.45) is 4.79. The van der Waals surface area contributed by atoms with E-state index < -0.39 is 0 Å². The Morgan fingerprint density at radius 3 is 2.80 bits per heavy atom. The Labute approximate surface area is 122 Å². The van der Waals surface area contributed by atoms with E-state index in [0.29, 0.717) is 0 Å². The van der Waals surface area contributed by atoms with Crippen molar-refractivity contribution >= 4 is 22.5 Å². The minimum Gasteiger partial charge on any atom is -0.346 e. The molecular formula is C13H18N4O2S. The maximum atomic E-state index is 10.7. The Balaban J connectivity index is 2.15. The number of hydrogen-bond donors (Lipinski definition) is 1. The van der Waals surface area contributed by atoms with Gasteiger partial charge in [0.25, 0.3) is 5.70 Å². The van der Waals surface area contributed by atoms with E-state index in [2.05, 4.69) is 15.2 Å². The first-order valence-corrected chi connectivity index (χ1v) is 7.35. The highest BCUT2D eigenvalue weighted by Crippen LogP contribution is 2.27. The summed E-state index contributed by atoms with van der Waals surface area (Å²) in [5, 5.41) is 15.0. The van der Waals surface area contributed by atoms with Crippen molar-refractivity contribution in [2.45, 2.75) is 13.8 Å². The zero-order valence-electron chi connectivity index (χ0n) is 11.6. The molecule has 20 heavy (non-hydrogen) atoms. The van der Waals surface area contributed by atoms with Crippen molar-refractivity contribution in [2.75, 3.05) is 31.1 Å². The summed E-state index contributed by atoms with van der Waals surface area (Å²) in [5.74, 6) is 0. The van der Waals surface area contributed by atoms with Gasteiger partial charge in [-0.2, -0.15) is 0 Å². The second kappa shape index (κ2) is 6.62. The third-order valence-electron chi connectivity index (χ3n) is 3.12. The summed E-state index contributed by atoms with van der Waals surface area (Å²) in [4.78, 5) is 18.1. The van der Waals surface area contributed by atoms with Gasteiger partial charge >= 0.3 is 0 Å². The topological polar surface area (TPSA) is 71.3 Å². The first-order valence-electron chi connectivity index (χ1n) is 6.53. The molecule has 1 aromatic heterocycles. The number of nitro groups is 1. The normalized spacial score (nSPS) is 16.9. The smallest absolute Gasteiger partial charge is 0.265 e. The highest BCUT2D eigenvalue weighted by molar-refractivity contribution is 7.16. The number of hydrogen-bond acceptors (Lipinski definition) is 6. The van der Waals surface area contributed by atoms with Gasteiger partial charge in [0.1, 0.15) is 0 Å². The van der Waals surface area contributed by atoms with Crippen LogP contribution >= 0.6 is 11.3 Å². The molecule has 0 aromatic carbocycles. The number of aryl methyl sites for hydroxylation is 1. The predicted molar refractivity (Wildman–Crippen MR) is 81.7 cm³/mol. The SMILES string of the molecule is C/C=C(\C=C/c1sc(N2CCNCC2)nc1C)[N+](=O)[O-]. The van der Waals surface area contributed by atoms with E-state index in [4.69, 9.17) is 0 Å². The molecule has 0 bridgehead atoms. The maximum Gasteiger partial charge on any atom is 0.265 e. The van der Waals surface area contributed by atoms with Crippen LogP contribution in [0.3, 0.4) is 0 Å². The molecule has 1 fully saturated rings. The van der Waals surface area contributed by atoms with E-state index in [-0.39, 0.29) is 10.6 Å². The minimum absolute atomic E-state index is 0.0986. The lowest BCUT2D eigenvalue weighted by Crippen LogP contribution is -2.43. The van der Waals surface area contributed by atoms with Crippen molar-refractivity contribution in [3.63, 3.8) is 0 Å². The second-order valence-electron chi connectivity index (χ2n) is 4.49. The fraction of sp³-hybridized carbons (Fsp3) is 0.462. The van der Waals surface area contributed by atoms with Gasteiger partial charge in [0.15, 0.2) is 5.13 Å². The molecule has 0 aliphatic carbocycles. The van der Waals surface area contributed by atoms with Crippen molar-refractivity contribution in [2.24, 2.45) is 0 Å². The largest absolute Gasteiger partial charge is 0.346 e. The third kappa shape index (κ3) is 3.43. The number of allylic oxidation sites excluding steroid dienone is 2. The summed E-state index contributed by atoms with van der Waals surface area (Å²) >= 11 is 1.58. The van der Waals surface area contributed by atoms with E-state index in [1.807, 2.05) is 6.92 Å². The van der Waals surface area contributed by atoms with Crippen LogP contribution < -0.4 is 10.2 Å². The molecule has 1 N–H and O–H groups in total. The highest BCUT2D eigenvalue weighted by Gasteiger charge is 2.15. The lowest BCUT2D eigenvalue weighted by Gasteiger charge is -2.26. The van der Waals surface area contributed by atoms with E-state index in [0.717, 1.165) is 41.9 Å². The zero-order chi connectivity index (χ0) is 14.5. The molecule has 0 spiro atoms. The summed E-state index contributed by atoms with van der Waals surface area (Å²) < 4.78 is 0. The molecule has 0 unspecified atom stereocenters. The number of aromatic nitrogens is 1. The van der Waals surface area contributed by atoms with Crippen molar-refractivity contribution in [1.82, 2.24) is 10.3 Å². The monoisotopic (exact) mass is 294 g/mol. The summed E-state index contributed by atoms with van der Waals surface area (Å²) in [7, 11) is 0. The molecule has 2 heterocycles. The molecule has 0 saturated carbocycles. The van der Waals surface area contributed by atoms with E-state index in [1.54, 1.807) is 24.3 Å². The van der Waals surface area contributed by atoms with Crippen molar-refractivity contribution < 1.29 is 4.92 Å². The molecule has 108 valence electrons. The molecule has 2 rings (SSSR count). The Hall–Kier alpha value is -1.73. The van der Waals surface area contributed by atoms with E-state index >= 15 is 0 Å². The number of piperazine rings is 1. The standard InChI is InChI=1S/C13H18N4O2S/c1-3-11(17(18)19)4-5-12-10(2)15-13(20-12)16-8-6-14-7-9-16/h3-5,14H,6-9H2,1-2H3/b5-4-,11-3+. The van der Waals surface area contributed by atoms with Gasteiger partial charge in [-0.15, -0.1) is 0 Å². The second-order valence-corrected chi connectivity index (χ2v) is 5.50. The zero-order valence-corrected chi connectivity index (χ0v) is 12.4. The summed E-state index contributed by atoms with van der Waals surface area (Å²) in [6.45, 7) is 7.43. The predicted octanol–water partition coefficient (Wildman–Crippen LogP) is 2.05. The van der Waals surface area contributed by atoms with Gasteiger partial charge in [-0.3, -0.25) is 10.1 Å². The van der Waals surface area contributed by atoms with Gasteiger partial charge in [0.05, 0.1) is 15.5 Å². The van der Waals surface area contributed by atoms with Crippen LogP contribution in [0.5, 0.6) is 0 Å². The molecule has 1 aromatic rings. The van der Waals surface area contributed by atoms with Crippen LogP contribution in [-0.4, -0.2) is 36.1 Å². The number of thiazole rings is 1. The Morgan fingerprint density at radius 1 is 1.50 bits per heavy atom. The average Bonchev–Trinajstić information content (AvgIpc) is 2.82. The van der Waals surface area contributed by atoms with Gasteiger partial charge in [0, 0.05) is 32.3 Å². The van der Waals surface area contributed by atoms with Gasteiger partial charge in [-0.05, 0) is 26.0 Å². The lowest BCUT2D eigenvalue weighted by atomic mass is 10.3. The molecule has 1 aliphatic rings. The van der Waals surface area contributed by atoms with Crippen LogP contribution in [0.25, 0.3) is 6.08 Å². The Morgan fingerprint density at radius 2 is 2.20 bits per heavy atom. The number of rotatable bonds is 4. The fourth-order valence-corrected chi connectivity index (χ4v) is 2.98. The fourth-order valence-electron chi connectivity index (χ4n) is 1.96. The first kappa shape index (κ1) is 14.7. The van der Waals surface area contributed by atoms with Crippen LogP contribution in [0.4, 0.5) is 5.13 Å². The number of anilines is 1.